The lowest BCUT2D eigenvalue weighted by molar-refractivity contribution is 0.0524. The van der Waals surface area contributed by atoms with E-state index >= 15 is 0 Å². The summed E-state index contributed by atoms with van der Waals surface area (Å²) in [5, 5.41) is 0.518. The van der Waals surface area contributed by atoms with Gasteiger partial charge in [-0.15, -0.1) is 0 Å². The van der Waals surface area contributed by atoms with E-state index in [4.69, 9.17) is 4.74 Å². The van der Waals surface area contributed by atoms with Crippen LogP contribution in [0.5, 0.6) is 0 Å². The number of hydrogen-bond acceptors (Lipinski definition) is 4. The highest BCUT2D eigenvalue weighted by atomic mass is 16.5. The van der Waals surface area contributed by atoms with Gasteiger partial charge in [-0.1, -0.05) is 0 Å². The number of H-pyrrole nitrogens is 1. The maximum Gasteiger partial charge on any atom is 0.343 e. The number of aromatic amines is 1. The van der Waals surface area contributed by atoms with Gasteiger partial charge in [0.25, 0.3) is 0 Å². The van der Waals surface area contributed by atoms with Crippen molar-refractivity contribution in [3.05, 3.63) is 39.4 Å². The van der Waals surface area contributed by atoms with Crippen LogP contribution in [-0.2, 0) is 4.74 Å². The largest absolute Gasteiger partial charge is 0.462 e. The number of pyridine rings is 2. The highest BCUT2D eigenvalue weighted by Crippen LogP contribution is 2.41. The number of nitrogens with one attached hydrogen (secondary N) is 1. The smallest absolute Gasteiger partial charge is 0.343 e. The lowest BCUT2D eigenvalue weighted by Crippen LogP contribution is -2.19. The van der Waals surface area contributed by atoms with Gasteiger partial charge in [0, 0.05) is 17.8 Å². The number of fused-ring (bicyclic) bond motifs is 1. The first kappa shape index (κ1) is 12.8. The van der Waals surface area contributed by atoms with E-state index in [1.54, 1.807) is 13.0 Å². The van der Waals surface area contributed by atoms with Crippen molar-refractivity contribution in [1.82, 2.24) is 9.97 Å². The second kappa shape index (κ2) is 4.74. The zero-order valence-corrected chi connectivity index (χ0v) is 11.5. The molecule has 0 unspecified atom stereocenters. The van der Waals surface area contributed by atoms with E-state index in [2.05, 4.69) is 9.97 Å². The van der Waals surface area contributed by atoms with Gasteiger partial charge < -0.3 is 9.72 Å². The van der Waals surface area contributed by atoms with E-state index < -0.39 is 5.97 Å². The molecular weight excluding hydrogens is 256 g/mol. The van der Waals surface area contributed by atoms with Gasteiger partial charge in [-0.05, 0) is 32.8 Å². The topological polar surface area (TPSA) is 72.1 Å². The summed E-state index contributed by atoms with van der Waals surface area (Å²) in [4.78, 5) is 31.8. The zero-order chi connectivity index (χ0) is 14.3. The molecule has 1 fully saturated rings. The average Bonchev–Trinajstić information content (AvgIpc) is 3.23. The standard InChI is InChI=1S/C15H16N2O3/c1-3-20-15(19)11-7-16-13-10(14(11)18)6-8(2)17-12(13)9-4-5-9/h6-7,9H,3-5H2,1-2H3,(H,16,18). The van der Waals surface area contributed by atoms with Crippen LogP contribution in [0.25, 0.3) is 10.9 Å². The van der Waals surface area contributed by atoms with Crippen LogP contribution in [0.2, 0.25) is 0 Å². The monoisotopic (exact) mass is 272 g/mol. The molecule has 1 saturated carbocycles. The van der Waals surface area contributed by atoms with E-state index in [1.165, 1.54) is 6.20 Å². The average molecular weight is 272 g/mol. The molecule has 2 aromatic heterocycles. The van der Waals surface area contributed by atoms with Crippen LogP contribution in [0.3, 0.4) is 0 Å². The van der Waals surface area contributed by atoms with Gasteiger partial charge in [0.15, 0.2) is 0 Å². The molecule has 20 heavy (non-hydrogen) atoms. The molecule has 5 heteroatoms. The Hall–Kier alpha value is -2.17. The minimum atomic E-state index is -0.585. The molecule has 1 N–H and O–H groups in total. The number of carbonyl (C=O) groups is 1. The van der Waals surface area contributed by atoms with Crippen LogP contribution in [0, 0.1) is 6.92 Å². The van der Waals surface area contributed by atoms with Gasteiger partial charge in [0.2, 0.25) is 5.43 Å². The second-order valence-electron chi connectivity index (χ2n) is 5.10. The highest BCUT2D eigenvalue weighted by molar-refractivity contribution is 5.94. The number of aryl methyl sites for hydroxylation is 1. The molecular formula is C15H16N2O3. The first-order valence-corrected chi connectivity index (χ1v) is 6.82. The molecule has 0 radical (unpaired) electrons. The maximum atomic E-state index is 12.4. The molecule has 0 amide bonds. The third-order valence-corrected chi connectivity index (χ3v) is 3.48. The molecule has 0 bridgehead atoms. The van der Waals surface area contributed by atoms with Crippen LogP contribution >= 0.6 is 0 Å². The molecule has 0 atom stereocenters. The SMILES string of the molecule is CCOC(=O)c1c[nH]c2c(C3CC3)nc(C)cc2c1=O. The fraction of sp³-hybridized carbons (Fsp3) is 0.400. The normalized spacial score (nSPS) is 14.5. The van der Waals surface area contributed by atoms with Gasteiger partial charge in [-0.2, -0.15) is 0 Å². The molecule has 0 aliphatic heterocycles. The van der Waals surface area contributed by atoms with Gasteiger partial charge in [-0.3, -0.25) is 9.78 Å². The number of aromatic nitrogens is 2. The van der Waals surface area contributed by atoms with E-state index in [-0.39, 0.29) is 17.6 Å². The zero-order valence-electron chi connectivity index (χ0n) is 11.5. The maximum absolute atomic E-state index is 12.4. The third kappa shape index (κ3) is 2.09. The molecule has 3 rings (SSSR count). The Kier molecular flexibility index (Phi) is 3.04. The molecule has 0 saturated heterocycles. The lowest BCUT2D eigenvalue weighted by Gasteiger charge is -2.08. The van der Waals surface area contributed by atoms with E-state index in [0.29, 0.717) is 11.3 Å². The molecule has 5 nitrogen and oxygen atoms in total. The number of ether oxygens (including phenoxy) is 1. The molecule has 1 aliphatic carbocycles. The summed E-state index contributed by atoms with van der Waals surface area (Å²) in [6.07, 6.45) is 3.64. The quantitative estimate of drug-likeness (QED) is 0.870. The van der Waals surface area contributed by atoms with Gasteiger partial charge >= 0.3 is 5.97 Å². The molecule has 2 heterocycles. The van der Waals surface area contributed by atoms with Crippen molar-refractivity contribution < 1.29 is 9.53 Å². The highest BCUT2D eigenvalue weighted by Gasteiger charge is 2.28. The Morgan fingerprint density at radius 3 is 2.90 bits per heavy atom. The Bertz CT molecular complexity index is 745. The first-order chi connectivity index (χ1) is 9.61. The minimum Gasteiger partial charge on any atom is -0.462 e. The third-order valence-electron chi connectivity index (χ3n) is 3.48. The Morgan fingerprint density at radius 1 is 1.50 bits per heavy atom. The second-order valence-corrected chi connectivity index (χ2v) is 5.10. The van der Waals surface area contributed by atoms with Crippen LogP contribution in [0.4, 0.5) is 0 Å². The summed E-state index contributed by atoms with van der Waals surface area (Å²) in [5.41, 5.74) is 2.24. The van der Waals surface area contributed by atoms with Gasteiger partial charge in [-0.25, -0.2) is 4.79 Å². The van der Waals surface area contributed by atoms with Crippen molar-refractivity contribution in [3.63, 3.8) is 0 Å². The Morgan fingerprint density at radius 2 is 2.25 bits per heavy atom. The Balaban J connectivity index is 2.22. The predicted octanol–water partition coefficient (Wildman–Crippen LogP) is 2.29. The fourth-order valence-corrected chi connectivity index (χ4v) is 2.40. The lowest BCUT2D eigenvalue weighted by atomic mass is 10.1. The molecule has 0 aromatic carbocycles. The van der Waals surface area contributed by atoms with Gasteiger partial charge in [0.05, 0.1) is 23.2 Å². The van der Waals surface area contributed by atoms with Crippen LogP contribution in [0.1, 0.15) is 47.4 Å². The van der Waals surface area contributed by atoms with E-state index in [0.717, 1.165) is 29.7 Å². The van der Waals surface area contributed by atoms with Crippen molar-refractivity contribution in [3.8, 4) is 0 Å². The van der Waals surface area contributed by atoms with Crippen LogP contribution < -0.4 is 5.43 Å². The minimum absolute atomic E-state index is 0.0479. The molecule has 2 aromatic rings. The first-order valence-electron chi connectivity index (χ1n) is 6.82. The van der Waals surface area contributed by atoms with Crippen molar-refractivity contribution in [2.24, 2.45) is 0 Å². The summed E-state index contributed by atoms with van der Waals surface area (Å²) in [7, 11) is 0. The number of nitrogens with zero attached hydrogens (tertiary/aromatic N) is 1. The van der Waals surface area contributed by atoms with Crippen molar-refractivity contribution in [2.75, 3.05) is 6.61 Å². The number of carbonyl (C=O) groups excluding carboxylic acids is 1. The van der Waals surface area contributed by atoms with E-state index in [1.807, 2.05) is 6.92 Å². The molecule has 1 aliphatic rings. The van der Waals surface area contributed by atoms with E-state index in [9.17, 15) is 9.59 Å². The number of hydrogen-bond donors (Lipinski definition) is 1. The van der Waals surface area contributed by atoms with Crippen molar-refractivity contribution >= 4 is 16.9 Å². The Labute approximate surface area is 116 Å². The summed E-state index contributed by atoms with van der Waals surface area (Å²) in [5.74, 6) is -0.153. The summed E-state index contributed by atoms with van der Waals surface area (Å²) in [6, 6.07) is 1.72. The number of esters is 1. The number of rotatable bonds is 3. The van der Waals surface area contributed by atoms with Gasteiger partial charge in [0.1, 0.15) is 5.56 Å². The summed E-state index contributed by atoms with van der Waals surface area (Å²) < 4.78 is 4.90. The van der Waals surface area contributed by atoms with Crippen molar-refractivity contribution in [1.29, 1.82) is 0 Å². The van der Waals surface area contributed by atoms with Crippen LogP contribution in [-0.4, -0.2) is 22.5 Å². The molecule has 0 spiro atoms. The summed E-state index contributed by atoms with van der Waals surface area (Å²) in [6.45, 7) is 3.83. The molecule has 104 valence electrons. The van der Waals surface area contributed by atoms with Crippen molar-refractivity contribution in [2.45, 2.75) is 32.6 Å². The predicted molar refractivity (Wildman–Crippen MR) is 75.0 cm³/mol. The fourth-order valence-electron chi connectivity index (χ4n) is 2.40. The summed E-state index contributed by atoms with van der Waals surface area (Å²) >= 11 is 0. The van der Waals surface area contributed by atoms with Crippen LogP contribution in [0.15, 0.2) is 17.1 Å².